The molecule has 4 aromatic rings. The van der Waals surface area contributed by atoms with E-state index in [-0.39, 0.29) is 64.2 Å². The van der Waals surface area contributed by atoms with Gasteiger partial charge in [0.25, 0.3) is 11.8 Å². The third-order valence-corrected chi connectivity index (χ3v) is 12.4. The summed E-state index contributed by atoms with van der Waals surface area (Å²) in [6.07, 6.45) is 6.71. The number of halogens is 4. The molecule has 2 heterocycles. The van der Waals surface area contributed by atoms with Gasteiger partial charge in [-0.3, -0.25) is 38.8 Å². The summed E-state index contributed by atoms with van der Waals surface area (Å²) < 4.78 is 0.483. The molecule has 12 N–H and O–H groups in total. The molecule has 4 aromatic carbocycles. The molecule has 24 heteroatoms. The SMILES string of the molecule is O=C(O)C[C@@H](NC(=O)CNC(=O)c1cc(O)cc(NC2=NCCCCC2)c1)c1cc(Cl)cc(Br)c1O.O=C(O)C[C@@H](NC(=O)CNC(=O)c1cc(O)cc(NC2=NCCCCC2)c1)c1cc(Cl)cc(Br)c1O. The molecule has 0 saturated heterocycles. The van der Waals surface area contributed by atoms with Gasteiger partial charge in [-0.25, -0.2) is 0 Å². The molecule has 2 aliphatic rings. The second-order valence-electron chi connectivity index (χ2n) is 16.5. The Labute approximate surface area is 440 Å². The van der Waals surface area contributed by atoms with E-state index in [2.05, 4.69) is 73.7 Å². The first-order valence-electron chi connectivity index (χ1n) is 22.5. The van der Waals surface area contributed by atoms with Crippen LogP contribution >= 0.6 is 55.1 Å². The van der Waals surface area contributed by atoms with Gasteiger partial charge in [0, 0.05) is 81.7 Å². The fourth-order valence-electron chi connectivity index (χ4n) is 7.46. The Morgan fingerprint density at radius 2 is 0.931 bits per heavy atom. The van der Waals surface area contributed by atoms with Crippen molar-refractivity contribution < 1.29 is 59.4 Å². The van der Waals surface area contributed by atoms with Crippen molar-refractivity contribution in [2.75, 3.05) is 36.8 Å². The number of nitrogens with one attached hydrogen (secondary N) is 6. The second-order valence-corrected chi connectivity index (χ2v) is 19.1. The summed E-state index contributed by atoms with van der Waals surface area (Å²) in [7, 11) is 0. The summed E-state index contributed by atoms with van der Waals surface area (Å²) in [5.74, 6) is -4.23. The average molecular weight is 1160 g/mol. The molecule has 0 aromatic heterocycles. The summed E-state index contributed by atoms with van der Waals surface area (Å²) in [5, 5.41) is 75.9. The van der Waals surface area contributed by atoms with Crippen molar-refractivity contribution in [2.45, 2.75) is 76.3 Å². The number of anilines is 2. The smallest absolute Gasteiger partial charge is 0.305 e. The van der Waals surface area contributed by atoms with Crippen LogP contribution in [0.3, 0.4) is 0 Å². The minimum Gasteiger partial charge on any atom is -0.508 e. The maximum absolute atomic E-state index is 12.7. The fourth-order valence-corrected chi connectivity index (χ4v) is 9.13. The minimum atomic E-state index is -1.21. The maximum atomic E-state index is 12.7. The number of benzene rings is 4. The van der Waals surface area contributed by atoms with E-state index in [9.17, 15) is 59.4 Å². The van der Waals surface area contributed by atoms with E-state index in [1.54, 1.807) is 0 Å². The maximum Gasteiger partial charge on any atom is 0.305 e. The van der Waals surface area contributed by atoms with Crippen LogP contribution < -0.4 is 31.9 Å². The fraction of sp³-hybridized carbons (Fsp3) is 0.333. The number of amidine groups is 2. The summed E-state index contributed by atoms with van der Waals surface area (Å²) in [4.78, 5) is 82.0. The lowest BCUT2D eigenvalue weighted by molar-refractivity contribution is -0.139. The van der Waals surface area contributed by atoms with E-state index >= 15 is 0 Å². The van der Waals surface area contributed by atoms with Gasteiger partial charge < -0.3 is 62.5 Å². The molecule has 20 nitrogen and oxygen atoms in total. The number of hydrogen-bond acceptors (Lipinski definition) is 14. The van der Waals surface area contributed by atoms with Gasteiger partial charge in [0.05, 0.1) is 47.0 Å². The van der Waals surface area contributed by atoms with Crippen molar-refractivity contribution in [3.63, 3.8) is 0 Å². The number of carbonyl (C=O) groups excluding carboxylic acids is 4. The summed E-state index contributed by atoms with van der Waals surface area (Å²) in [6, 6.07) is 11.9. The van der Waals surface area contributed by atoms with Gasteiger partial charge in [0.2, 0.25) is 11.8 Å². The molecule has 4 amide bonds. The molecule has 0 unspecified atom stereocenters. The van der Waals surface area contributed by atoms with Crippen LogP contribution in [-0.2, 0) is 19.2 Å². The second kappa shape index (κ2) is 27.3. The first-order valence-corrected chi connectivity index (χ1v) is 24.8. The molecule has 0 bridgehead atoms. The Balaban J connectivity index is 0.000000267. The van der Waals surface area contributed by atoms with Crippen molar-refractivity contribution in [3.05, 3.63) is 102 Å². The topological polar surface area (TPSA) is 321 Å². The summed E-state index contributed by atoms with van der Waals surface area (Å²) in [6.45, 7) is 0.498. The first kappa shape index (κ1) is 56.3. The van der Waals surface area contributed by atoms with Crippen molar-refractivity contribution in [1.29, 1.82) is 0 Å². The molecule has 0 saturated carbocycles. The number of aromatic hydroxyl groups is 4. The van der Waals surface area contributed by atoms with Crippen LogP contribution in [0.4, 0.5) is 11.4 Å². The lowest BCUT2D eigenvalue weighted by Crippen LogP contribution is -2.39. The molecule has 0 fully saturated rings. The molecular weight excluding hydrogens is 1110 g/mol. The quantitative estimate of drug-likeness (QED) is 0.0507. The Morgan fingerprint density at radius 1 is 0.542 bits per heavy atom. The molecule has 6 rings (SSSR count). The highest BCUT2D eigenvalue weighted by atomic mass is 79.9. The van der Waals surface area contributed by atoms with Crippen molar-refractivity contribution in [3.8, 4) is 23.0 Å². The van der Waals surface area contributed by atoms with E-state index in [1.807, 2.05) is 0 Å². The number of hydrogen-bond donors (Lipinski definition) is 12. The number of carboxylic acids is 2. The van der Waals surface area contributed by atoms with Crippen molar-refractivity contribution in [1.82, 2.24) is 21.3 Å². The number of phenolic OH excluding ortho intramolecular Hbond substituents is 4. The predicted octanol–water partition coefficient (Wildman–Crippen LogP) is 7.92. The molecular formula is C48H52Br2Cl2N8O12. The zero-order valence-corrected chi connectivity index (χ0v) is 43.1. The highest BCUT2D eigenvalue weighted by Gasteiger charge is 2.25. The van der Waals surface area contributed by atoms with Gasteiger partial charge in [-0.2, -0.15) is 0 Å². The standard InChI is InChI=1S/2C24H26BrClN4O6/c2*25-18-9-14(26)8-17(23(18)35)19(11-22(33)34)30-21(32)12-28-24(36)13-6-15(10-16(31)7-13)29-20-4-2-1-3-5-27-20/h2*6-10,19,31,35H,1-5,11-12H2,(H,27,29)(H,28,36)(H,30,32)(H,33,34)/t2*19-/m11/s1. The molecule has 0 aliphatic carbocycles. The highest BCUT2D eigenvalue weighted by molar-refractivity contribution is 9.11. The van der Waals surface area contributed by atoms with Gasteiger partial charge in [0.15, 0.2) is 0 Å². The minimum absolute atomic E-state index is 0.113. The van der Waals surface area contributed by atoms with E-state index < -0.39 is 73.6 Å². The highest BCUT2D eigenvalue weighted by Crippen LogP contribution is 2.38. The van der Waals surface area contributed by atoms with Crippen molar-refractivity contribution in [2.24, 2.45) is 9.98 Å². The van der Waals surface area contributed by atoms with E-state index in [1.165, 1.54) is 60.7 Å². The molecule has 0 radical (unpaired) electrons. The van der Waals surface area contributed by atoms with Gasteiger partial charge in [-0.15, -0.1) is 0 Å². The molecule has 2 atom stereocenters. The van der Waals surface area contributed by atoms with E-state index in [0.717, 1.165) is 76.1 Å². The Kier molecular flexibility index (Phi) is 21.3. The Morgan fingerprint density at radius 3 is 1.31 bits per heavy atom. The predicted molar refractivity (Wildman–Crippen MR) is 278 cm³/mol. The number of aliphatic imine (C=N–C) groups is 2. The zero-order chi connectivity index (χ0) is 52.5. The van der Waals surface area contributed by atoms with Gasteiger partial charge in [0.1, 0.15) is 34.7 Å². The average Bonchev–Trinajstić information content (AvgIpc) is 3.74. The third-order valence-electron chi connectivity index (χ3n) is 10.8. The van der Waals surface area contributed by atoms with Crippen LogP contribution in [0.25, 0.3) is 0 Å². The van der Waals surface area contributed by atoms with Crippen LogP contribution in [0.2, 0.25) is 10.0 Å². The largest absolute Gasteiger partial charge is 0.508 e. The number of rotatable bonds is 16. The summed E-state index contributed by atoms with van der Waals surface area (Å²) in [5.41, 5.74) is 1.46. The molecule has 72 heavy (non-hydrogen) atoms. The van der Waals surface area contributed by atoms with Gasteiger partial charge in [-0.05, 0) is 106 Å². The molecule has 0 spiro atoms. The van der Waals surface area contributed by atoms with Crippen LogP contribution in [-0.4, -0.2) is 104 Å². The number of aliphatic carboxylic acids is 2. The summed E-state index contributed by atoms with van der Waals surface area (Å²) >= 11 is 18.3. The number of carboxylic acid groups (broad SMARTS) is 2. The number of nitrogens with zero attached hydrogens (tertiary/aromatic N) is 2. The van der Waals surface area contributed by atoms with E-state index in [0.29, 0.717) is 11.4 Å². The number of carbonyl (C=O) groups is 6. The lowest BCUT2D eigenvalue weighted by atomic mass is 10.0. The van der Waals surface area contributed by atoms with E-state index in [4.69, 9.17) is 23.2 Å². The number of phenols is 4. The Hall–Kier alpha value is -6.62. The van der Waals surface area contributed by atoms with Crippen LogP contribution in [0.5, 0.6) is 23.0 Å². The van der Waals surface area contributed by atoms with Crippen LogP contribution in [0, 0.1) is 0 Å². The van der Waals surface area contributed by atoms with Crippen molar-refractivity contribution >= 4 is 114 Å². The van der Waals surface area contributed by atoms with Crippen LogP contribution in [0.1, 0.15) is 108 Å². The lowest BCUT2D eigenvalue weighted by Gasteiger charge is -2.20. The Bertz CT molecular complexity index is 2560. The normalized spacial score (nSPS) is 14.2. The number of amides is 4. The third kappa shape index (κ3) is 17.9. The van der Waals surface area contributed by atoms with Gasteiger partial charge >= 0.3 is 11.9 Å². The molecule has 2 aliphatic heterocycles. The first-order chi connectivity index (χ1) is 34.2. The zero-order valence-electron chi connectivity index (χ0n) is 38.4. The monoisotopic (exact) mass is 1160 g/mol. The molecule has 384 valence electrons. The van der Waals surface area contributed by atoms with Crippen LogP contribution in [0.15, 0.2) is 79.6 Å². The van der Waals surface area contributed by atoms with Gasteiger partial charge in [-0.1, -0.05) is 36.0 Å².